The van der Waals surface area contributed by atoms with Crippen molar-refractivity contribution in [3.8, 4) is 0 Å². The van der Waals surface area contributed by atoms with Gasteiger partial charge in [-0.15, -0.1) is 0 Å². The number of carbonyl (C=O) groups is 1. The van der Waals surface area contributed by atoms with E-state index in [4.69, 9.17) is 9.47 Å². The van der Waals surface area contributed by atoms with Gasteiger partial charge in [0.15, 0.2) is 0 Å². The fourth-order valence-electron chi connectivity index (χ4n) is 2.20. The summed E-state index contributed by atoms with van der Waals surface area (Å²) in [5, 5.41) is 3.19. The van der Waals surface area contributed by atoms with Gasteiger partial charge in [-0.25, -0.2) is 0 Å². The minimum atomic E-state index is 0.482. The van der Waals surface area contributed by atoms with Crippen molar-refractivity contribution in [3.05, 3.63) is 0 Å². The van der Waals surface area contributed by atoms with Crippen LogP contribution in [0.3, 0.4) is 0 Å². The van der Waals surface area contributed by atoms with Gasteiger partial charge in [0, 0.05) is 13.0 Å². The van der Waals surface area contributed by atoms with Gasteiger partial charge in [-0.05, 0) is 26.4 Å². The summed E-state index contributed by atoms with van der Waals surface area (Å²) in [6.07, 6.45) is 13.3. The Balaban J connectivity index is 2.91. The summed E-state index contributed by atoms with van der Waals surface area (Å²) >= 11 is 0. The monoisotopic (exact) mass is 301 g/mol. The van der Waals surface area contributed by atoms with Gasteiger partial charge in [0.1, 0.15) is 6.29 Å². The van der Waals surface area contributed by atoms with Crippen molar-refractivity contribution in [1.29, 1.82) is 0 Å². The second kappa shape index (κ2) is 19.6. The van der Waals surface area contributed by atoms with Crippen molar-refractivity contribution in [3.63, 3.8) is 0 Å². The van der Waals surface area contributed by atoms with E-state index in [0.29, 0.717) is 26.2 Å². The second-order valence-electron chi connectivity index (χ2n) is 5.47. The summed E-state index contributed by atoms with van der Waals surface area (Å²) in [7, 11) is 2.02. The fourth-order valence-corrected chi connectivity index (χ4v) is 2.20. The second-order valence-corrected chi connectivity index (χ2v) is 5.47. The van der Waals surface area contributed by atoms with Gasteiger partial charge in [0.05, 0.1) is 19.8 Å². The van der Waals surface area contributed by atoms with Gasteiger partial charge in [-0.3, -0.25) is 0 Å². The first kappa shape index (κ1) is 20.6. The molecular weight excluding hydrogens is 266 g/mol. The maximum absolute atomic E-state index is 10.1. The highest BCUT2D eigenvalue weighted by Crippen LogP contribution is 2.09. The molecule has 0 aliphatic heterocycles. The topological polar surface area (TPSA) is 47.6 Å². The third-order valence-corrected chi connectivity index (χ3v) is 3.47. The Labute approximate surface area is 131 Å². The van der Waals surface area contributed by atoms with E-state index in [2.05, 4.69) is 5.32 Å². The van der Waals surface area contributed by atoms with Crippen LogP contribution < -0.4 is 5.32 Å². The largest absolute Gasteiger partial charge is 0.379 e. The Bertz CT molecular complexity index is 200. The zero-order valence-corrected chi connectivity index (χ0v) is 13.9. The Kier molecular flexibility index (Phi) is 19.1. The molecule has 0 aliphatic carbocycles. The molecule has 21 heavy (non-hydrogen) atoms. The van der Waals surface area contributed by atoms with Crippen molar-refractivity contribution in [2.75, 3.05) is 40.0 Å². The molecule has 0 atom stereocenters. The first-order valence-corrected chi connectivity index (χ1v) is 8.65. The van der Waals surface area contributed by atoms with Crippen LogP contribution in [0.1, 0.15) is 64.2 Å². The SMILES string of the molecule is CNCCCCCCCCCCCOCCOCCC=O. The van der Waals surface area contributed by atoms with Crippen LogP contribution in [0.15, 0.2) is 0 Å². The van der Waals surface area contributed by atoms with Crippen LogP contribution in [0.25, 0.3) is 0 Å². The number of aldehydes is 1. The van der Waals surface area contributed by atoms with Gasteiger partial charge < -0.3 is 19.6 Å². The van der Waals surface area contributed by atoms with Crippen molar-refractivity contribution >= 4 is 6.29 Å². The number of carbonyl (C=O) groups excluding carboxylic acids is 1. The number of hydrogen-bond donors (Lipinski definition) is 1. The summed E-state index contributed by atoms with van der Waals surface area (Å²) in [6, 6.07) is 0. The number of rotatable bonds is 18. The van der Waals surface area contributed by atoms with Crippen molar-refractivity contribution in [2.45, 2.75) is 64.2 Å². The minimum absolute atomic E-state index is 0.482. The zero-order chi connectivity index (χ0) is 15.4. The molecule has 0 spiro atoms. The Hall–Kier alpha value is -0.450. The molecule has 0 aliphatic rings. The summed E-state index contributed by atoms with van der Waals surface area (Å²) in [5.41, 5.74) is 0. The first-order valence-electron chi connectivity index (χ1n) is 8.65. The molecule has 0 saturated heterocycles. The third-order valence-electron chi connectivity index (χ3n) is 3.47. The molecule has 0 aromatic carbocycles. The third kappa shape index (κ3) is 19.6. The lowest BCUT2D eigenvalue weighted by Gasteiger charge is -2.05. The van der Waals surface area contributed by atoms with E-state index in [1.807, 2.05) is 7.05 Å². The van der Waals surface area contributed by atoms with Gasteiger partial charge in [0.25, 0.3) is 0 Å². The van der Waals surface area contributed by atoms with Crippen LogP contribution in [-0.4, -0.2) is 46.3 Å². The van der Waals surface area contributed by atoms with Crippen molar-refractivity contribution in [2.24, 2.45) is 0 Å². The summed E-state index contributed by atoms with van der Waals surface area (Å²) in [5.74, 6) is 0. The number of ether oxygens (including phenoxy) is 2. The minimum Gasteiger partial charge on any atom is -0.379 e. The van der Waals surface area contributed by atoms with E-state index in [9.17, 15) is 4.79 Å². The van der Waals surface area contributed by atoms with E-state index in [-0.39, 0.29) is 0 Å². The van der Waals surface area contributed by atoms with E-state index in [1.165, 1.54) is 51.4 Å². The predicted octanol–water partition coefficient (Wildman–Crippen LogP) is 3.34. The molecule has 0 aromatic heterocycles. The average Bonchev–Trinajstić information content (AvgIpc) is 2.50. The Morgan fingerprint density at radius 1 is 0.714 bits per heavy atom. The molecule has 0 saturated carbocycles. The molecule has 0 radical (unpaired) electrons. The molecule has 0 unspecified atom stereocenters. The number of hydrogen-bond acceptors (Lipinski definition) is 4. The normalized spacial score (nSPS) is 10.9. The van der Waals surface area contributed by atoms with Gasteiger partial charge in [-0.2, -0.15) is 0 Å². The maximum Gasteiger partial charge on any atom is 0.122 e. The van der Waals surface area contributed by atoms with Crippen LogP contribution in [0.2, 0.25) is 0 Å². The van der Waals surface area contributed by atoms with Crippen molar-refractivity contribution < 1.29 is 14.3 Å². The molecule has 126 valence electrons. The molecule has 0 aromatic rings. The van der Waals surface area contributed by atoms with Crippen LogP contribution >= 0.6 is 0 Å². The summed E-state index contributed by atoms with van der Waals surface area (Å²) in [4.78, 5) is 10.1. The lowest BCUT2D eigenvalue weighted by molar-refractivity contribution is -0.108. The van der Waals surface area contributed by atoms with Gasteiger partial charge >= 0.3 is 0 Å². The van der Waals surface area contributed by atoms with Crippen LogP contribution in [0, 0.1) is 0 Å². The smallest absolute Gasteiger partial charge is 0.122 e. The molecule has 0 heterocycles. The van der Waals surface area contributed by atoms with Crippen molar-refractivity contribution in [1.82, 2.24) is 5.32 Å². The highest BCUT2D eigenvalue weighted by molar-refractivity contribution is 5.49. The van der Waals surface area contributed by atoms with E-state index in [1.54, 1.807) is 0 Å². The lowest BCUT2D eigenvalue weighted by atomic mass is 10.1. The molecule has 4 nitrogen and oxygen atoms in total. The standard InChI is InChI=1S/C17H35NO3/c1-18-12-9-7-5-3-2-4-6-8-10-14-20-16-17-21-15-11-13-19/h13,18H,2-12,14-17H2,1H3. The van der Waals surface area contributed by atoms with Crippen LogP contribution in [0.4, 0.5) is 0 Å². The maximum atomic E-state index is 10.1. The number of unbranched alkanes of at least 4 members (excludes halogenated alkanes) is 8. The zero-order valence-electron chi connectivity index (χ0n) is 13.9. The first-order chi connectivity index (χ1) is 10.4. The van der Waals surface area contributed by atoms with Crippen LogP contribution in [0.5, 0.6) is 0 Å². The highest BCUT2D eigenvalue weighted by Gasteiger charge is 1.94. The van der Waals surface area contributed by atoms with Crippen LogP contribution in [-0.2, 0) is 14.3 Å². The number of nitrogens with one attached hydrogen (secondary N) is 1. The summed E-state index contributed by atoms with van der Waals surface area (Å²) in [6.45, 7) is 3.75. The molecule has 0 fully saturated rings. The molecule has 0 amide bonds. The molecule has 0 rings (SSSR count). The fraction of sp³-hybridized carbons (Fsp3) is 0.941. The van der Waals surface area contributed by atoms with Gasteiger partial charge in [-0.1, -0.05) is 44.9 Å². The molecule has 1 N–H and O–H groups in total. The summed E-state index contributed by atoms with van der Waals surface area (Å²) < 4.78 is 10.7. The molecular formula is C17H35NO3. The Morgan fingerprint density at radius 2 is 1.24 bits per heavy atom. The average molecular weight is 301 g/mol. The van der Waals surface area contributed by atoms with E-state index < -0.39 is 0 Å². The molecule has 4 heteroatoms. The van der Waals surface area contributed by atoms with Gasteiger partial charge in [0.2, 0.25) is 0 Å². The lowest BCUT2D eigenvalue weighted by Crippen LogP contribution is -2.06. The Morgan fingerprint density at radius 3 is 1.81 bits per heavy atom. The van der Waals surface area contributed by atoms with E-state index >= 15 is 0 Å². The highest BCUT2D eigenvalue weighted by atomic mass is 16.5. The van der Waals surface area contributed by atoms with E-state index in [0.717, 1.165) is 25.9 Å². The molecule has 0 bridgehead atoms. The quantitative estimate of drug-likeness (QED) is 0.311. The predicted molar refractivity (Wildman–Crippen MR) is 87.8 cm³/mol.